The van der Waals surface area contributed by atoms with Crippen LogP contribution in [0, 0.1) is 0 Å². The Morgan fingerprint density at radius 1 is 1.62 bits per heavy atom. The summed E-state index contributed by atoms with van der Waals surface area (Å²) in [4.78, 5) is 14.9. The fourth-order valence-electron chi connectivity index (χ4n) is 2.03. The highest BCUT2D eigenvalue weighted by Crippen LogP contribution is 2.23. The largest absolute Gasteiger partial charge is 0.299 e. The van der Waals surface area contributed by atoms with E-state index in [0.29, 0.717) is 6.42 Å². The molecule has 16 heavy (non-hydrogen) atoms. The minimum absolute atomic E-state index is 0.0757. The Balaban J connectivity index is 1.75. The molecule has 2 heterocycles. The molecule has 0 aliphatic carbocycles. The van der Waals surface area contributed by atoms with E-state index in [-0.39, 0.29) is 5.91 Å². The van der Waals surface area contributed by atoms with E-state index in [1.54, 1.807) is 0 Å². The Morgan fingerprint density at radius 2 is 2.50 bits per heavy atom. The average molecular weight is 239 g/mol. The first-order valence-corrected chi connectivity index (χ1v) is 6.44. The van der Waals surface area contributed by atoms with E-state index in [1.165, 1.54) is 10.4 Å². The summed E-state index contributed by atoms with van der Waals surface area (Å²) >= 11 is 1.85. The molecule has 4 nitrogen and oxygen atoms in total. The van der Waals surface area contributed by atoms with Crippen LogP contribution in [-0.4, -0.2) is 23.9 Å². The van der Waals surface area contributed by atoms with Crippen molar-refractivity contribution in [2.24, 2.45) is 5.84 Å². The van der Waals surface area contributed by atoms with E-state index in [4.69, 9.17) is 5.84 Å². The summed E-state index contributed by atoms with van der Waals surface area (Å²) in [5.41, 5.74) is 3.62. The van der Waals surface area contributed by atoms with Gasteiger partial charge in [-0.3, -0.25) is 15.1 Å². The van der Waals surface area contributed by atoms with Crippen LogP contribution in [0.4, 0.5) is 0 Å². The van der Waals surface area contributed by atoms with Gasteiger partial charge in [0, 0.05) is 24.4 Å². The minimum Gasteiger partial charge on any atom is -0.299 e. The molecule has 0 radical (unpaired) electrons. The van der Waals surface area contributed by atoms with E-state index >= 15 is 0 Å². The molecule has 1 aromatic rings. The van der Waals surface area contributed by atoms with Gasteiger partial charge >= 0.3 is 0 Å². The summed E-state index contributed by atoms with van der Waals surface area (Å²) < 4.78 is 0. The fourth-order valence-corrected chi connectivity index (χ4v) is 2.92. The number of nitrogens with two attached hydrogens (primary N) is 1. The van der Waals surface area contributed by atoms with Crippen molar-refractivity contribution >= 4 is 17.2 Å². The van der Waals surface area contributed by atoms with Gasteiger partial charge in [0.25, 0.3) is 0 Å². The van der Waals surface area contributed by atoms with Crippen molar-refractivity contribution in [3.05, 3.63) is 21.9 Å². The molecule has 0 unspecified atom stereocenters. The zero-order valence-corrected chi connectivity index (χ0v) is 10.1. The van der Waals surface area contributed by atoms with Crippen molar-refractivity contribution in [2.45, 2.75) is 25.8 Å². The molecule has 3 N–H and O–H groups in total. The van der Waals surface area contributed by atoms with E-state index in [9.17, 15) is 4.79 Å². The number of amides is 1. The number of hydrogen-bond donors (Lipinski definition) is 2. The molecule has 0 fully saturated rings. The van der Waals surface area contributed by atoms with Gasteiger partial charge in [0.05, 0.1) is 0 Å². The SMILES string of the molecule is NNC(=O)CCCN1CCc2sccc2C1. The molecule has 1 aromatic heterocycles. The molecule has 5 heteroatoms. The lowest BCUT2D eigenvalue weighted by Crippen LogP contribution is -2.33. The molecule has 1 aliphatic rings. The maximum Gasteiger partial charge on any atom is 0.233 e. The number of rotatable bonds is 4. The normalized spacial score (nSPS) is 15.8. The van der Waals surface area contributed by atoms with Crippen LogP contribution < -0.4 is 11.3 Å². The van der Waals surface area contributed by atoms with Crippen LogP contribution in [0.3, 0.4) is 0 Å². The molecule has 1 amide bonds. The summed E-state index contributed by atoms with van der Waals surface area (Å²) in [6, 6.07) is 2.21. The lowest BCUT2D eigenvalue weighted by molar-refractivity contribution is -0.121. The third kappa shape index (κ3) is 2.81. The molecule has 88 valence electrons. The summed E-state index contributed by atoms with van der Waals surface area (Å²) in [7, 11) is 0. The molecule has 2 rings (SSSR count). The number of nitrogens with one attached hydrogen (secondary N) is 1. The number of carbonyl (C=O) groups is 1. The number of nitrogens with zero attached hydrogens (tertiary/aromatic N) is 1. The number of carbonyl (C=O) groups excluding carboxylic acids is 1. The van der Waals surface area contributed by atoms with Gasteiger partial charge in [-0.05, 0) is 36.4 Å². The highest BCUT2D eigenvalue weighted by atomic mass is 32.1. The van der Waals surface area contributed by atoms with Crippen LogP contribution in [0.5, 0.6) is 0 Å². The van der Waals surface area contributed by atoms with E-state index in [0.717, 1.165) is 32.5 Å². The lowest BCUT2D eigenvalue weighted by atomic mass is 10.1. The summed E-state index contributed by atoms with van der Waals surface area (Å²) in [6.07, 6.45) is 2.54. The van der Waals surface area contributed by atoms with Gasteiger partial charge in [0.1, 0.15) is 0 Å². The van der Waals surface area contributed by atoms with Gasteiger partial charge in [-0.1, -0.05) is 0 Å². The first-order chi connectivity index (χ1) is 7.79. The Hall–Kier alpha value is -0.910. The van der Waals surface area contributed by atoms with Crippen molar-refractivity contribution in [2.75, 3.05) is 13.1 Å². The molecule has 1 aliphatic heterocycles. The van der Waals surface area contributed by atoms with Gasteiger partial charge < -0.3 is 0 Å². The van der Waals surface area contributed by atoms with Gasteiger partial charge in [0.2, 0.25) is 5.91 Å². The van der Waals surface area contributed by atoms with Crippen molar-refractivity contribution in [1.29, 1.82) is 0 Å². The summed E-state index contributed by atoms with van der Waals surface area (Å²) in [6.45, 7) is 3.11. The molecule has 0 saturated heterocycles. The monoisotopic (exact) mass is 239 g/mol. The quantitative estimate of drug-likeness (QED) is 0.466. The number of hydrogen-bond acceptors (Lipinski definition) is 4. The molecule has 0 atom stereocenters. The van der Waals surface area contributed by atoms with Crippen molar-refractivity contribution < 1.29 is 4.79 Å². The van der Waals surface area contributed by atoms with Gasteiger partial charge in [0.15, 0.2) is 0 Å². The number of fused-ring (bicyclic) bond motifs is 1. The maximum atomic E-state index is 11.0. The standard InChI is InChI=1S/C11H17N3OS/c12-13-11(15)2-1-5-14-6-3-10-9(8-14)4-7-16-10/h4,7H,1-3,5-6,8,12H2,(H,13,15). The third-order valence-corrected chi connectivity index (χ3v) is 3.95. The molecular weight excluding hydrogens is 222 g/mol. The Morgan fingerprint density at radius 3 is 3.31 bits per heavy atom. The summed E-state index contributed by atoms with van der Waals surface area (Å²) in [5.74, 6) is 4.95. The van der Waals surface area contributed by atoms with E-state index in [1.807, 2.05) is 11.3 Å². The smallest absolute Gasteiger partial charge is 0.233 e. The predicted molar refractivity (Wildman–Crippen MR) is 64.9 cm³/mol. The molecular formula is C11H17N3OS. The van der Waals surface area contributed by atoms with Crippen molar-refractivity contribution in [3.63, 3.8) is 0 Å². The zero-order chi connectivity index (χ0) is 11.4. The first kappa shape index (κ1) is 11.6. The highest BCUT2D eigenvalue weighted by Gasteiger charge is 2.16. The molecule has 0 bridgehead atoms. The lowest BCUT2D eigenvalue weighted by Gasteiger charge is -2.26. The van der Waals surface area contributed by atoms with Crippen LogP contribution in [0.25, 0.3) is 0 Å². The van der Waals surface area contributed by atoms with Crippen LogP contribution in [0.15, 0.2) is 11.4 Å². The Labute approximate surface area is 99.4 Å². The van der Waals surface area contributed by atoms with Gasteiger partial charge in [-0.15, -0.1) is 11.3 Å². The minimum atomic E-state index is -0.0757. The summed E-state index contributed by atoms with van der Waals surface area (Å²) in [5, 5.41) is 2.16. The Kier molecular flexibility index (Phi) is 3.93. The third-order valence-electron chi connectivity index (χ3n) is 2.93. The van der Waals surface area contributed by atoms with Crippen LogP contribution >= 0.6 is 11.3 Å². The first-order valence-electron chi connectivity index (χ1n) is 5.56. The average Bonchev–Trinajstić information content (AvgIpc) is 2.76. The second-order valence-electron chi connectivity index (χ2n) is 4.07. The van der Waals surface area contributed by atoms with Crippen LogP contribution in [0.2, 0.25) is 0 Å². The zero-order valence-electron chi connectivity index (χ0n) is 9.24. The predicted octanol–water partition coefficient (Wildman–Crippen LogP) is 0.876. The number of hydrazine groups is 1. The van der Waals surface area contributed by atoms with Gasteiger partial charge in [-0.25, -0.2) is 5.84 Å². The second kappa shape index (κ2) is 5.43. The van der Waals surface area contributed by atoms with E-state index < -0.39 is 0 Å². The van der Waals surface area contributed by atoms with Crippen molar-refractivity contribution in [3.8, 4) is 0 Å². The fraction of sp³-hybridized carbons (Fsp3) is 0.545. The van der Waals surface area contributed by atoms with E-state index in [2.05, 4.69) is 21.8 Å². The molecule has 0 aromatic carbocycles. The highest BCUT2D eigenvalue weighted by molar-refractivity contribution is 7.10. The van der Waals surface area contributed by atoms with Crippen LogP contribution in [-0.2, 0) is 17.8 Å². The second-order valence-corrected chi connectivity index (χ2v) is 5.07. The van der Waals surface area contributed by atoms with Crippen molar-refractivity contribution in [1.82, 2.24) is 10.3 Å². The topological polar surface area (TPSA) is 58.4 Å². The number of thiophene rings is 1. The Bertz CT molecular complexity index is 364. The molecule has 0 spiro atoms. The van der Waals surface area contributed by atoms with Gasteiger partial charge in [-0.2, -0.15) is 0 Å². The van der Waals surface area contributed by atoms with Crippen LogP contribution in [0.1, 0.15) is 23.3 Å². The molecule has 0 saturated carbocycles. The maximum absolute atomic E-state index is 11.0.